The minimum atomic E-state index is -0.709. The summed E-state index contributed by atoms with van der Waals surface area (Å²) in [6.45, 7) is 2.72. The van der Waals surface area contributed by atoms with E-state index in [1.54, 1.807) is 6.20 Å². The second-order valence-electron chi connectivity index (χ2n) is 3.97. The number of aromatic nitrogens is 2. The van der Waals surface area contributed by atoms with E-state index in [2.05, 4.69) is 15.3 Å². The van der Waals surface area contributed by atoms with Crippen LogP contribution in [0.5, 0.6) is 0 Å². The number of unbranched alkanes of at least 4 members (excludes halogenated alkanes) is 3. The molecule has 2 N–H and O–H groups in total. The summed E-state index contributed by atoms with van der Waals surface area (Å²) in [7, 11) is 0. The molecule has 0 bridgehead atoms. The lowest BCUT2D eigenvalue weighted by Crippen LogP contribution is -2.04. The van der Waals surface area contributed by atoms with E-state index in [4.69, 9.17) is 5.11 Å². The molecule has 1 aromatic heterocycles. The van der Waals surface area contributed by atoms with Gasteiger partial charge in [0.05, 0.1) is 0 Å². The highest BCUT2D eigenvalue weighted by Crippen LogP contribution is 2.05. The molecule has 1 heterocycles. The van der Waals surface area contributed by atoms with Gasteiger partial charge in [-0.3, -0.25) is 4.79 Å². The number of rotatable bonds is 8. The third kappa shape index (κ3) is 6.50. The molecular weight excluding hydrogens is 218 g/mol. The van der Waals surface area contributed by atoms with E-state index in [-0.39, 0.29) is 6.42 Å². The summed E-state index contributed by atoms with van der Waals surface area (Å²) >= 11 is 0. The zero-order valence-electron chi connectivity index (χ0n) is 10.1. The Morgan fingerprint density at radius 3 is 2.82 bits per heavy atom. The average molecular weight is 237 g/mol. The summed E-state index contributed by atoms with van der Waals surface area (Å²) in [4.78, 5) is 18.5. The molecule has 0 spiro atoms. The summed E-state index contributed by atoms with van der Waals surface area (Å²) in [5.41, 5.74) is 0. The second-order valence-corrected chi connectivity index (χ2v) is 3.97. The Morgan fingerprint density at radius 2 is 2.12 bits per heavy atom. The van der Waals surface area contributed by atoms with Crippen LogP contribution >= 0.6 is 0 Å². The average Bonchev–Trinajstić information content (AvgIpc) is 2.27. The zero-order chi connectivity index (χ0) is 12.5. The van der Waals surface area contributed by atoms with Crippen LogP contribution in [0.4, 0.5) is 5.82 Å². The molecule has 94 valence electrons. The predicted octanol–water partition coefficient (Wildman–Crippen LogP) is 2.23. The van der Waals surface area contributed by atoms with Gasteiger partial charge >= 0.3 is 5.97 Å². The van der Waals surface area contributed by atoms with E-state index in [0.29, 0.717) is 0 Å². The molecule has 5 nitrogen and oxygen atoms in total. The van der Waals surface area contributed by atoms with Crippen molar-refractivity contribution in [3.63, 3.8) is 0 Å². The van der Waals surface area contributed by atoms with E-state index >= 15 is 0 Å². The number of carboxylic acids is 1. The Bertz CT molecular complexity index is 355. The summed E-state index contributed by atoms with van der Waals surface area (Å²) in [5.74, 6) is 0.902. The molecular formula is C12H19N3O2. The van der Waals surface area contributed by atoms with E-state index in [1.807, 2.05) is 13.0 Å². The molecule has 0 atom stereocenters. The van der Waals surface area contributed by atoms with Crippen LogP contribution in [0.25, 0.3) is 0 Å². The SMILES string of the molecule is Cc1nccc(NCCCCCCC(=O)O)n1. The second kappa shape index (κ2) is 7.60. The minimum Gasteiger partial charge on any atom is -0.481 e. The maximum absolute atomic E-state index is 10.3. The Hall–Kier alpha value is -1.65. The number of nitrogens with one attached hydrogen (secondary N) is 1. The van der Waals surface area contributed by atoms with Gasteiger partial charge in [0.2, 0.25) is 0 Å². The molecule has 0 aliphatic carbocycles. The fraction of sp³-hybridized carbons (Fsp3) is 0.583. The van der Waals surface area contributed by atoms with Crippen LogP contribution in [-0.4, -0.2) is 27.6 Å². The highest BCUT2D eigenvalue weighted by molar-refractivity contribution is 5.66. The number of aryl methyl sites for hydroxylation is 1. The Morgan fingerprint density at radius 1 is 1.35 bits per heavy atom. The number of nitrogens with zero attached hydrogens (tertiary/aromatic N) is 2. The molecule has 1 aromatic rings. The van der Waals surface area contributed by atoms with Crippen LogP contribution in [0, 0.1) is 6.92 Å². The van der Waals surface area contributed by atoms with E-state index in [1.165, 1.54) is 0 Å². The van der Waals surface area contributed by atoms with Crippen LogP contribution in [0.2, 0.25) is 0 Å². The normalized spacial score (nSPS) is 10.2. The van der Waals surface area contributed by atoms with Gasteiger partial charge < -0.3 is 10.4 Å². The quantitative estimate of drug-likeness (QED) is 0.678. The number of carbonyl (C=O) groups is 1. The van der Waals surface area contributed by atoms with Gasteiger partial charge in [-0.25, -0.2) is 9.97 Å². The van der Waals surface area contributed by atoms with Crippen molar-refractivity contribution in [2.24, 2.45) is 0 Å². The molecule has 0 saturated carbocycles. The van der Waals surface area contributed by atoms with Crippen LogP contribution in [0.15, 0.2) is 12.3 Å². The van der Waals surface area contributed by atoms with Crippen molar-refractivity contribution in [2.75, 3.05) is 11.9 Å². The van der Waals surface area contributed by atoms with Gasteiger partial charge in [0.25, 0.3) is 0 Å². The first-order chi connectivity index (χ1) is 8.18. The smallest absolute Gasteiger partial charge is 0.303 e. The van der Waals surface area contributed by atoms with Crippen molar-refractivity contribution < 1.29 is 9.90 Å². The van der Waals surface area contributed by atoms with Crippen LogP contribution in [-0.2, 0) is 4.79 Å². The predicted molar refractivity (Wildman–Crippen MR) is 66.0 cm³/mol. The number of hydrogen-bond donors (Lipinski definition) is 2. The minimum absolute atomic E-state index is 0.276. The molecule has 0 unspecified atom stereocenters. The number of hydrogen-bond acceptors (Lipinski definition) is 4. The maximum atomic E-state index is 10.3. The van der Waals surface area contributed by atoms with E-state index in [0.717, 1.165) is 43.9 Å². The number of carboxylic acid groups (broad SMARTS) is 1. The largest absolute Gasteiger partial charge is 0.481 e. The molecule has 0 fully saturated rings. The van der Waals surface area contributed by atoms with E-state index in [9.17, 15) is 4.79 Å². The number of anilines is 1. The number of aliphatic carboxylic acids is 1. The summed E-state index contributed by atoms with van der Waals surface area (Å²) < 4.78 is 0. The van der Waals surface area contributed by atoms with Crippen molar-refractivity contribution in [1.29, 1.82) is 0 Å². The highest BCUT2D eigenvalue weighted by Gasteiger charge is 1.97. The van der Waals surface area contributed by atoms with E-state index < -0.39 is 5.97 Å². The van der Waals surface area contributed by atoms with Crippen molar-refractivity contribution in [3.8, 4) is 0 Å². The first kappa shape index (κ1) is 13.4. The molecule has 0 aliphatic rings. The van der Waals surface area contributed by atoms with Gasteiger partial charge in [-0.1, -0.05) is 12.8 Å². The summed E-state index contributed by atoms with van der Waals surface area (Å²) in [6.07, 6.45) is 5.82. The monoisotopic (exact) mass is 237 g/mol. The van der Waals surface area contributed by atoms with Crippen LogP contribution in [0.1, 0.15) is 37.9 Å². The molecule has 0 amide bonds. The molecule has 0 saturated heterocycles. The van der Waals surface area contributed by atoms with Crippen LogP contribution < -0.4 is 5.32 Å². The summed E-state index contributed by atoms with van der Waals surface area (Å²) in [5, 5.41) is 11.7. The molecule has 0 aliphatic heterocycles. The fourth-order valence-electron chi connectivity index (χ4n) is 1.53. The molecule has 1 rings (SSSR count). The van der Waals surface area contributed by atoms with Gasteiger partial charge in [-0.15, -0.1) is 0 Å². The first-order valence-corrected chi connectivity index (χ1v) is 5.94. The summed E-state index contributed by atoms with van der Waals surface area (Å²) in [6, 6.07) is 1.84. The third-order valence-corrected chi connectivity index (χ3v) is 2.40. The van der Waals surface area contributed by atoms with Gasteiger partial charge in [0.1, 0.15) is 11.6 Å². The van der Waals surface area contributed by atoms with Gasteiger partial charge in [-0.2, -0.15) is 0 Å². The van der Waals surface area contributed by atoms with Gasteiger partial charge in [-0.05, 0) is 25.8 Å². The highest BCUT2D eigenvalue weighted by atomic mass is 16.4. The standard InChI is InChI=1S/C12H19N3O2/c1-10-13-9-7-11(15-10)14-8-5-3-2-4-6-12(16)17/h7,9H,2-6,8H2,1H3,(H,16,17)(H,13,14,15). The lowest BCUT2D eigenvalue weighted by Gasteiger charge is -2.05. The lowest BCUT2D eigenvalue weighted by molar-refractivity contribution is -0.137. The first-order valence-electron chi connectivity index (χ1n) is 5.94. The Balaban J connectivity index is 2.03. The van der Waals surface area contributed by atoms with Crippen molar-refractivity contribution >= 4 is 11.8 Å². The maximum Gasteiger partial charge on any atom is 0.303 e. The third-order valence-electron chi connectivity index (χ3n) is 2.40. The lowest BCUT2D eigenvalue weighted by atomic mass is 10.1. The molecule has 0 aromatic carbocycles. The van der Waals surface area contributed by atoms with Crippen molar-refractivity contribution in [1.82, 2.24) is 9.97 Å². The van der Waals surface area contributed by atoms with Crippen molar-refractivity contribution in [3.05, 3.63) is 18.1 Å². The van der Waals surface area contributed by atoms with Gasteiger partial charge in [0.15, 0.2) is 0 Å². The van der Waals surface area contributed by atoms with Crippen LogP contribution in [0.3, 0.4) is 0 Å². The van der Waals surface area contributed by atoms with Gasteiger partial charge in [0, 0.05) is 19.2 Å². The fourth-order valence-corrected chi connectivity index (χ4v) is 1.53. The molecule has 0 radical (unpaired) electrons. The van der Waals surface area contributed by atoms with Crippen molar-refractivity contribution in [2.45, 2.75) is 39.0 Å². The topological polar surface area (TPSA) is 75.1 Å². The zero-order valence-corrected chi connectivity index (χ0v) is 10.1. The Kier molecular flexibility index (Phi) is 5.99. The Labute approximate surface area is 101 Å². The molecule has 17 heavy (non-hydrogen) atoms. The molecule has 5 heteroatoms.